The summed E-state index contributed by atoms with van der Waals surface area (Å²) in [6.07, 6.45) is 1.68. The normalized spacial score (nSPS) is 14.6. The fraction of sp³-hybridized carbons (Fsp3) is 0.333. The minimum Gasteiger partial charge on any atom is -0.493 e. The fourth-order valence-electron chi connectivity index (χ4n) is 4.49. The van der Waals surface area contributed by atoms with Crippen molar-refractivity contribution in [2.45, 2.75) is 33.7 Å². The molecule has 12 heteroatoms. The monoisotopic (exact) mass is 658 g/mol. The minimum absolute atomic E-state index is 0.156. The summed E-state index contributed by atoms with van der Waals surface area (Å²) in [6.45, 7) is 7.58. The smallest absolute Gasteiger partial charge is 0.344 e. The number of fused-ring (bicyclic) bond motifs is 1. The first-order valence-electron chi connectivity index (χ1n) is 13.3. The number of thiazole rings is 1. The van der Waals surface area contributed by atoms with Gasteiger partial charge in [-0.25, -0.2) is 14.6 Å². The molecule has 0 N–H and O–H groups in total. The highest BCUT2D eigenvalue weighted by atomic mass is 79.9. The van der Waals surface area contributed by atoms with E-state index < -0.39 is 18.0 Å². The van der Waals surface area contributed by atoms with Crippen LogP contribution in [0.3, 0.4) is 0 Å². The number of benzene rings is 2. The molecule has 42 heavy (non-hydrogen) atoms. The number of para-hydroxylation sites is 1. The lowest BCUT2D eigenvalue weighted by atomic mass is 9.95. The molecular weight excluding hydrogens is 628 g/mol. The van der Waals surface area contributed by atoms with E-state index in [1.807, 2.05) is 6.92 Å². The molecule has 2 aromatic carbocycles. The molecule has 0 amide bonds. The minimum atomic E-state index is -0.864. The number of carbonyl (C=O) groups excluding carboxylic acids is 2. The van der Waals surface area contributed by atoms with E-state index in [4.69, 9.17) is 23.7 Å². The molecule has 1 aromatic heterocycles. The molecule has 0 aliphatic carbocycles. The highest BCUT2D eigenvalue weighted by molar-refractivity contribution is 9.10. The van der Waals surface area contributed by atoms with Gasteiger partial charge in [0.15, 0.2) is 22.9 Å². The van der Waals surface area contributed by atoms with Crippen LogP contribution in [0.5, 0.6) is 17.2 Å². The molecule has 1 aliphatic heterocycles. The molecule has 0 bridgehead atoms. The molecule has 3 aromatic rings. The van der Waals surface area contributed by atoms with E-state index in [9.17, 15) is 14.4 Å². The van der Waals surface area contributed by atoms with Gasteiger partial charge >= 0.3 is 11.9 Å². The Kier molecular flexibility index (Phi) is 10.2. The first kappa shape index (κ1) is 31.0. The zero-order valence-electron chi connectivity index (χ0n) is 23.9. The Hall–Kier alpha value is -3.90. The van der Waals surface area contributed by atoms with Crippen LogP contribution < -0.4 is 29.1 Å². The summed E-state index contributed by atoms with van der Waals surface area (Å²) in [5.74, 6) is 0.305. The van der Waals surface area contributed by atoms with Crippen LogP contribution in [0.2, 0.25) is 0 Å². The molecule has 222 valence electrons. The second-order valence-corrected chi connectivity index (χ2v) is 10.8. The zero-order chi connectivity index (χ0) is 30.4. The number of halogens is 1. The van der Waals surface area contributed by atoms with Crippen LogP contribution in [-0.4, -0.2) is 50.0 Å². The predicted octanol–water partition coefficient (Wildman–Crippen LogP) is 3.91. The zero-order valence-corrected chi connectivity index (χ0v) is 26.3. The summed E-state index contributed by atoms with van der Waals surface area (Å²) in [5.41, 5.74) is 1.50. The van der Waals surface area contributed by atoms with Gasteiger partial charge in [-0.3, -0.25) is 9.36 Å². The van der Waals surface area contributed by atoms with Gasteiger partial charge in [-0.15, -0.1) is 0 Å². The van der Waals surface area contributed by atoms with Crippen molar-refractivity contribution >= 4 is 45.3 Å². The fourth-order valence-corrected chi connectivity index (χ4v) is 6.06. The van der Waals surface area contributed by atoms with Crippen molar-refractivity contribution < 1.29 is 33.3 Å². The summed E-state index contributed by atoms with van der Waals surface area (Å²) in [6, 6.07) is 9.68. The molecule has 0 unspecified atom stereocenters. The van der Waals surface area contributed by atoms with Gasteiger partial charge in [0, 0.05) is 10.0 Å². The van der Waals surface area contributed by atoms with E-state index in [-0.39, 0.29) is 31.0 Å². The van der Waals surface area contributed by atoms with Crippen molar-refractivity contribution in [2.24, 2.45) is 4.99 Å². The summed E-state index contributed by atoms with van der Waals surface area (Å²) >= 11 is 4.80. The predicted molar refractivity (Wildman–Crippen MR) is 161 cm³/mol. The van der Waals surface area contributed by atoms with Crippen molar-refractivity contribution in [1.82, 2.24) is 4.57 Å². The second kappa shape index (κ2) is 13.8. The van der Waals surface area contributed by atoms with Crippen LogP contribution in [-0.2, 0) is 19.1 Å². The van der Waals surface area contributed by atoms with Gasteiger partial charge in [-0.05, 0) is 57.5 Å². The quantitative estimate of drug-likeness (QED) is 0.285. The Balaban J connectivity index is 1.91. The maximum absolute atomic E-state index is 14.1. The molecule has 0 spiro atoms. The van der Waals surface area contributed by atoms with E-state index in [1.165, 1.54) is 23.0 Å². The van der Waals surface area contributed by atoms with Crippen molar-refractivity contribution in [1.29, 1.82) is 0 Å². The van der Waals surface area contributed by atoms with Gasteiger partial charge in [0.25, 0.3) is 5.56 Å². The van der Waals surface area contributed by atoms with Crippen molar-refractivity contribution in [3.8, 4) is 17.2 Å². The van der Waals surface area contributed by atoms with Gasteiger partial charge in [-0.2, -0.15) is 0 Å². The number of nitrogens with zero attached hydrogens (tertiary/aromatic N) is 2. The number of aromatic nitrogens is 1. The average molecular weight is 660 g/mol. The number of rotatable bonds is 11. The number of hydrogen-bond donors (Lipinski definition) is 0. The molecule has 0 fully saturated rings. The van der Waals surface area contributed by atoms with Crippen molar-refractivity contribution in [2.75, 3.05) is 33.5 Å². The lowest BCUT2D eigenvalue weighted by Crippen LogP contribution is -2.40. The average Bonchev–Trinajstić information content (AvgIpc) is 3.26. The largest absolute Gasteiger partial charge is 0.493 e. The summed E-state index contributed by atoms with van der Waals surface area (Å²) in [4.78, 5) is 44.2. The summed E-state index contributed by atoms with van der Waals surface area (Å²) in [5, 5.41) is 0. The van der Waals surface area contributed by atoms with Gasteiger partial charge in [0.2, 0.25) is 0 Å². The second-order valence-electron chi connectivity index (χ2n) is 8.89. The maximum Gasteiger partial charge on any atom is 0.344 e. The van der Waals surface area contributed by atoms with E-state index in [2.05, 4.69) is 20.9 Å². The SMILES string of the molecule is CCOC(=O)COc1ccccc1/C=c1/sc2n(c1=O)[C@H](c1cc(OC)c(OCC)cc1Br)C(C(=O)OCC)=C(C)N=2. The molecule has 1 aliphatic rings. The number of carbonyl (C=O) groups is 2. The molecule has 0 saturated heterocycles. The Morgan fingerprint density at radius 1 is 1.02 bits per heavy atom. The summed E-state index contributed by atoms with van der Waals surface area (Å²) in [7, 11) is 1.52. The van der Waals surface area contributed by atoms with Gasteiger partial charge < -0.3 is 23.7 Å². The van der Waals surface area contributed by atoms with Gasteiger partial charge in [0.1, 0.15) is 5.75 Å². The number of ether oxygens (including phenoxy) is 5. The summed E-state index contributed by atoms with van der Waals surface area (Å²) < 4.78 is 29.8. The lowest BCUT2D eigenvalue weighted by Gasteiger charge is -2.26. The standard InChI is InChI=1S/C30H31BrN2O8S/c1-6-38-23-15-20(31)19(14-22(23)37-5)27-26(29(36)40-8-3)17(4)32-30-33(27)28(35)24(42-30)13-18-11-9-10-12-21(18)41-16-25(34)39-7-2/h9-15,27H,6-8,16H2,1-5H3/b24-13+/t27-/m1/s1. The van der Waals surface area contributed by atoms with Gasteiger partial charge in [-0.1, -0.05) is 45.5 Å². The Morgan fingerprint density at radius 3 is 2.45 bits per heavy atom. The topological polar surface area (TPSA) is 115 Å². The Labute approximate surface area is 255 Å². The van der Waals surface area contributed by atoms with Crippen LogP contribution in [0.1, 0.15) is 44.9 Å². The Bertz CT molecular complexity index is 1710. The number of hydrogen-bond acceptors (Lipinski definition) is 10. The lowest BCUT2D eigenvalue weighted by molar-refractivity contribution is -0.145. The Morgan fingerprint density at radius 2 is 1.76 bits per heavy atom. The number of methoxy groups -OCH3 is 1. The van der Waals surface area contributed by atoms with Crippen LogP contribution >= 0.6 is 27.3 Å². The highest BCUT2D eigenvalue weighted by Crippen LogP contribution is 2.41. The maximum atomic E-state index is 14.1. The third kappa shape index (κ3) is 6.44. The third-order valence-corrected chi connectivity index (χ3v) is 7.92. The third-order valence-electron chi connectivity index (χ3n) is 6.25. The van der Waals surface area contributed by atoms with E-state index in [1.54, 1.807) is 63.2 Å². The molecular formula is C30H31BrN2O8S. The van der Waals surface area contributed by atoms with Crippen LogP contribution in [0.25, 0.3) is 6.08 Å². The van der Waals surface area contributed by atoms with Crippen LogP contribution in [0, 0.1) is 0 Å². The first-order chi connectivity index (χ1) is 20.2. The van der Waals surface area contributed by atoms with E-state index in [0.29, 0.717) is 54.5 Å². The molecule has 4 rings (SSSR count). The molecule has 1 atom stereocenters. The van der Waals surface area contributed by atoms with Crippen molar-refractivity contribution in [3.05, 3.63) is 83.0 Å². The number of allylic oxidation sites excluding steroid dienone is 1. The van der Waals surface area contributed by atoms with Gasteiger partial charge in [0.05, 0.1) is 48.8 Å². The highest BCUT2D eigenvalue weighted by Gasteiger charge is 2.35. The van der Waals surface area contributed by atoms with Crippen molar-refractivity contribution in [3.63, 3.8) is 0 Å². The van der Waals surface area contributed by atoms with Crippen LogP contribution in [0.15, 0.2) is 61.9 Å². The molecule has 0 saturated carbocycles. The van der Waals surface area contributed by atoms with E-state index in [0.717, 1.165) is 0 Å². The number of esters is 2. The van der Waals surface area contributed by atoms with Crippen LogP contribution in [0.4, 0.5) is 0 Å². The molecule has 2 heterocycles. The first-order valence-corrected chi connectivity index (χ1v) is 14.9. The molecule has 10 nitrogen and oxygen atoms in total. The van der Waals surface area contributed by atoms with E-state index >= 15 is 0 Å². The molecule has 0 radical (unpaired) electrons.